The van der Waals surface area contributed by atoms with Crippen molar-refractivity contribution in [3.63, 3.8) is 0 Å². The maximum atomic E-state index is 13.3. The van der Waals surface area contributed by atoms with E-state index in [-0.39, 0.29) is 11.9 Å². The number of halogens is 1. The molecule has 5 heteroatoms. The van der Waals surface area contributed by atoms with Gasteiger partial charge in [-0.1, -0.05) is 0 Å². The maximum Gasteiger partial charge on any atom is 0.128 e. The number of hydrogen-bond donors (Lipinski definition) is 2. The molecule has 0 bridgehead atoms. The molecule has 1 unspecified atom stereocenters. The Labute approximate surface area is 106 Å². The summed E-state index contributed by atoms with van der Waals surface area (Å²) in [6.45, 7) is 4.47. The molecule has 1 atom stereocenters. The minimum Gasteiger partial charge on any atom is -0.397 e. The number of nitrogens with one attached hydrogen (secondary N) is 1. The number of hydrogen-bond acceptors (Lipinski definition) is 3. The van der Waals surface area contributed by atoms with Gasteiger partial charge in [0, 0.05) is 18.4 Å². The van der Waals surface area contributed by atoms with Gasteiger partial charge in [-0.25, -0.2) is 4.39 Å². The summed E-state index contributed by atoms with van der Waals surface area (Å²) in [6.07, 6.45) is 3.64. The second-order valence-corrected chi connectivity index (χ2v) is 4.46. The highest BCUT2D eigenvalue weighted by molar-refractivity contribution is 5.67. The number of aryl methyl sites for hydroxylation is 1. The zero-order valence-electron chi connectivity index (χ0n) is 10.5. The first-order chi connectivity index (χ1) is 8.56. The third kappa shape index (κ3) is 2.80. The number of nitrogens with two attached hydrogens (primary N) is 1. The maximum absolute atomic E-state index is 13.3. The highest BCUT2D eigenvalue weighted by Gasteiger charge is 2.08. The van der Waals surface area contributed by atoms with E-state index in [0.29, 0.717) is 11.3 Å². The van der Waals surface area contributed by atoms with Crippen molar-refractivity contribution in [1.29, 1.82) is 0 Å². The lowest BCUT2D eigenvalue weighted by Gasteiger charge is -2.17. The first-order valence-corrected chi connectivity index (χ1v) is 5.86. The fourth-order valence-corrected chi connectivity index (χ4v) is 1.82. The number of nitrogens with zero attached hydrogens (tertiary/aromatic N) is 2. The van der Waals surface area contributed by atoms with Crippen LogP contribution in [0.2, 0.25) is 0 Å². The van der Waals surface area contributed by atoms with E-state index in [0.717, 1.165) is 12.2 Å². The fourth-order valence-electron chi connectivity index (χ4n) is 1.82. The van der Waals surface area contributed by atoms with Gasteiger partial charge in [-0.05, 0) is 37.6 Å². The van der Waals surface area contributed by atoms with Crippen molar-refractivity contribution in [3.8, 4) is 0 Å². The summed E-state index contributed by atoms with van der Waals surface area (Å²) in [4.78, 5) is 0. The van der Waals surface area contributed by atoms with E-state index in [9.17, 15) is 4.39 Å². The summed E-state index contributed by atoms with van der Waals surface area (Å²) in [5.41, 5.74) is 7.55. The van der Waals surface area contributed by atoms with E-state index in [1.807, 2.05) is 23.9 Å². The van der Waals surface area contributed by atoms with Gasteiger partial charge in [0.15, 0.2) is 0 Å². The molecule has 96 valence electrons. The zero-order valence-corrected chi connectivity index (χ0v) is 10.5. The van der Waals surface area contributed by atoms with Gasteiger partial charge in [0.25, 0.3) is 0 Å². The summed E-state index contributed by atoms with van der Waals surface area (Å²) in [7, 11) is 0. The quantitative estimate of drug-likeness (QED) is 0.817. The van der Waals surface area contributed by atoms with Crippen LogP contribution in [0.1, 0.15) is 12.5 Å². The van der Waals surface area contributed by atoms with Crippen LogP contribution in [0.4, 0.5) is 15.8 Å². The Hall–Kier alpha value is -2.04. The van der Waals surface area contributed by atoms with Crippen LogP contribution in [0.15, 0.2) is 30.6 Å². The molecule has 0 saturated heterocycles. The van der Waals surface area contributed by atoms with Crippen molar-refractivity contribution >= 4 is 11.4 Å². The van der Waals surface area contributed by atoms with Gasteiger partial charge in [0.1, 0.15) is 5.82 Å². The predicted molar refractivity (Wildman–Crippen MR) is 70.9 cm³/mol. The van der Waals surface area contributed by atoms with Crippen molar-refractivity contribution in [1.82, 2.24) is 9.78 Å². The Balaban J connectivity index is 2.07. The van der Waals surface area contributed by atoms with Crippen LogP contribution < -0.4 is 11.1 Å². The average molecular weight is 248 g/mol. The van der Waals surface area contributed by atoms with E-state index in [4.69, 9.17) is 5.73 Å². The molecule has 0 spiro atoms. The van der Waals surface area contributed by atoms with Gasteiger partial charge in [0.05, 0.1) is 17.9 Å². The normalized spacial score (nSPS) is 12.4. The van der Waals surface area contributed by atoms with E-state index in [1.54, 1.807) is 19.2 Å². The molecule has 18 heavy (non-hydrogen) atoms. The first-order valence-electron chi connectivity index (χ1n) is 5.86. The van der Waals surface area contributed by atoms with Crippen LogP contribution in [0, 0.1) is 12.7 Å². The molecule has 1 aromatic carbocycles. The Morgan fingerprint density at radius 3 is 2.94 bits per heavy atom. The lowest BCUT2D eigenvalue weighted by atomic mass is 10.1. The summed E-state index contributed by atoms with van der Waals surface area (Å²) in [5, 5.41) is 7.40. The topological polar surface area (TPSA) is 55.9 Å². The van der Waals surface area contributed by atoms with Crippen molar-refractivity contribution < 1.29 is 4.39 Å². The molecule has 0 fully saturated rings. The van der Waals surface area contributed by atoms with Gasteiger partial charge in [-0.3, -0.25) is 4.68 Å². The minimum atomic E-state index is -0.280. The number of nitrogen functional groups attached to an aromatic ring is 1. The van der Waals surface area contributed by atoms with Gasteiger partial charge in [0.2, 0.25) is 0 Å². The molecule has 3 N–H and O–H groups in total. The van der Waals surface area contributed by atoms with Crippen molar-refractivity contribution in [3.05, 3.63) is 42.0 Å². The second kappa shape index (κ2) is 5.08. The van der Waals surface area contributed by atoms with Crippen LogP contribution in [-0.2, 0) is 6.54 Å². The van der Waals surface area contributed by atoms with Crippen LogP contribution in [0.3, 0.4) is 0 Å². The lowest BCUT2D eigenvalue weighted by Crippen LogP contribution is -2.22. The third-order valence-corrected chi connectivity index (χ3v) is 2.75. The molecule has 2 aromatic rings. The molecular formula is C13H17FN4. The SMILES string of the molecule is Cc1cc(NC(C)Cn2cccn2)c(N)cc1F. The number of aromatic nitrogens is 2. The highest BCUT2D eigenvalue weighted by atomic mass is 19.1. The van der Waals surface area contributed by atoms with Crippen molar-refractivity contribution in [2.24, 2.45) is 0 Å². The minimum absolute atomic E-state index is 0.150. The molecular weight excluding hydrogens is 231 g/mol. The summed E-state index contributed by atoms with van der Waals surface area (Å²) in [5.74, 6) is -0.280. The molecule has 0 aliphatic heterocycles. The van der Waals surface area contributed by atoms with Crippen molar-refractivity contribution in [2.45, 2.75) is 26.4 Å². The molecule has 0 radical (unpaired) electrons. The third-order valence-electron chi connectivity index (χ3n) is 2.75. The van der Waals surface area contributed by atoms with Crippen LogP contribution in [0.5, 0.6) is 0 Å². The predicted octanol–water partition coefficient (Wildman–Crippen LogP) is 2.41. The number of anilines is 2. The monoisotopic (exact) mass is 248 g/mol. The molecule has 0 amide bonds. The largest absolute Gasteiger partial charge is 0.397 e. The van der Waals surface area contributed by atoms with Gasteiger partial charge in [-0.2, -0.15) is 5.10 Å². The number of rotatable bonds is 4. The van der Waals surface area contributed by atoms with E-state index < -0.39 is 0 Å². The standard InChI is InChI=1S/C13H17FN4/c1-9-6-13(12(15)7-11(9)14)17-10(2)8-18-5-3-4-16-18/h3-7,10,17H,8,15H2,1-2H3. The fraction of sp³-hybridized carbons (Fsp3) is 0.308. The van der Waals surface area contributed by atoms with E-state index in [2.05, 4.69) is 10.4 Å². The van der Waals surface area contributed by atoms with Gasteiger partial charge in [-0.15, -0.1) is 0 Å². The van der Waals surface area contributed by atoms with Gasteiger partial charge < -0.3 is 11.1 Å². The average Bonchev–Trinajstić information content (AvgIpc) is 2.78. The van der Waals surface area contributed by atoms with Crippen LogP contribution in [0.25, 0.3) is 0 Å². The van der Waals surface area contributed by atoms with E-state index >= 15 is 0 Å². The number of benzene rings is 1. The first kappa shape index (κ1) is 12.4. The Bertz CT molecular complexity index is 522. The molecule has 1 heterocycles. The smallest absolute Gasteiger partial charge is 0.128 e. The van der Waals surface area contributed by atoms with Gasteiger partial charge >= 0.3 is 0 Å². The van der Waals surface area contributed by atoms with Crippen LogP contribution in [-0.4, -0.2) is 15.8 Å². The lowest BCUT2D eigenvalue weighted by molar-refractivity contribution is 0.560. The molecule has 0 saturated carbocycles. The molecule has 4 nitrogen and oxygen atoms in total. The Kier molecular flexibility index (Phi) is 3.50. The summed E-state index contributed by atoms with van der Waals surface area (Å²) >= 11 is 0. The Morgan fingerprint density at radius 1 is 1.50 bits per heavy atom. The second-order valence-electron chi connectivity index (χ2n) is 4.46. The molecule has 1 aromatic heterocycles. The highest BCUT2D eigenvalue weighted by Crippen LogP contribution is 2.23. The van der Waals surface area contributed by atoms with Crippen molar-refractivity contribution in [2.75, 3.05) is 11.1 Å². The van der Waals surface area contributed by atoms with E-state index in [1.165, 1.54) is 6.07 Å². The molecule has 0 aliphatic carbocycles. The Morgan fingerprint density at radius 2 is 2.28 bits per heavy atom. The zero-order chi connectivity index (χ0) is 13.1. The summed E-state index contributed by atoms with van der Waals surface area (Å²) < 4.78 is 15.1. The molecule has 2 rings (SSSR count). The molecule has 0 aliphatic rings. The summed E-state index contributed by atoms with van der Waals surface area (Å²) in [6, 6.07) is 5.10. The van der Waals surface area contributed by atoms with Crippen LogP contribution >= 0.6 is 0 Å².